The molecule has 5 N–H and O–H groups in total. The number of hydrogen-bond donors (Lipinski definition) is 4. The van der Waals surface area contributed by atoms with Gasteiger partial charge in [-0.2, -0.15) is 5.10 Å². The summed E-state index contributed by atoms with van der Waals surface area (Å²) in [5.74, 6) is -0.429. The maximum absolute atomic E-state index is 13.3. The summed E-state index contributed by atoms with van der Waals surface area (Å²) in [6, 6.07) is 25.8. The molecule has 0 saturated carbocycles. The van der Waals surface area contributed by atoms with Crippen LogP contribution < -0.4 is 21.8 Å². The van der Waals surface area contributed by atoms with Gasteiger partial charge in [-0.15, -0.1) is 0 Å². The molecule has 0 heterocycles. The zero-order valence-corrected chi connectivity index (χ0v) is 19.7. The average Bonchev–Trinajstić information content (AvgIpc) is 2.88. The van der Waals surface area contributed by atoms with Crippen molar-refractivity contribution in [1.82, 2.24) is 16.1 Å². The van der Waals surface area contributed by atoms with Gasteiger partial charge in [-0.3, -0.25) is 4.79 Å². The Kier molecular flexibility index (Phi) is 10.0. The normalized spacial score (nSPS) is 12.3. The summed E-state index contributed by atoms with van der Waals surface area (Å²) in [5.41, 5.74) is 9.86. The molecule has 2 atom stereocenters. The zero-order valence-electron chi connectivity index (χ0n) is 19.7. The van der Waals surface area contributed by atoms with E-state index in [4.69, 9.17) is 10.5 Å². The Morgan fingerprint density at radius 1 is 0.778 bits per heavy atom. The molecular weight excluding hydrogens is 458 g/mol. The zero-order chi connectivity index (χ0) is 25.6. The second-order valence-electron chi connectivity index (χ2n) is 8.01. The number of hydrogen-bond acceptors (Lipinski definition) is 5. The third kappa shape index (κ3) is 9.30. The molecule has 186 valence electrons. The number of rotatable bonds is 11. The van der Waals surface area contributed by atoms with Gasteiger partial charge in [0.2, 0.25) is 5.91 Å². The van der Waals surface area contributed by atoms with E-state index in [-0.39, 0.29) is 13.0 Å². The van der Waals surface area contributed by atoms with Crippen molar-refractivity contribution in [2.45, 2.75) is 31.5 Å². The molecule has 0 aliphatic heterocycles. The van der Waals surface area contributed by atoms with Gasteiger partial charge in [-0.1, -0.05) is 91.0 Å². The molecule has 3 aromatic rings. The first-order valence-electron chi connectivity index (χ1n) is 11.4. The number of nitrogens with zero attached hydrogens (tertiary/aromatic N) is 1. The Balaban J connectivity index is 1.71. The van der Waals surface area contributed by atoms with Crippen LogP contribution in [0.4, 0.5) is 9.59 Å². The minimum atomic E-state index is -0.911. The van der Waals surface area contributed by atoms with Gasteiger partial charge in [0.1, 0.15) is 12.6 Å². The number of ether oxygens (including phenoxy) is 1. The standard InChI is InChI=1S/C27H29N5O4/c28-26(34)32-29-18-23(16-20-10-4-1-5-11-20)30-25(33)24(17-21-12-6-2-7-13-21)31-27(35)36-19-22-14-8-3-9-15-22/h1-15,18,23-24H,16-17,19H2,(H,30,33)(H,31,35)(H3,28,32,34)/t23-,24-/m1/s1. The number of amides is 4. The van der Waals surface area contributed by atoms with Crippen LogP contribution >= 0.6 is 0 Å². The molecule has 3 rings (SSSR count). The number of hydrazone groups is 1. The van der Waals surface area contributed by atoms with Crippen LogP contribution in [0.1, 0.15) is 16.7 Å². The van der Waals surface area contributed by atoms with E-state index >= 15 is 0 Å². The molecule has 0 aromatic heterocycles. The summed E-state index contributed by atoms with van der Waals surface area (Å²) in [7, 11) is 0. The molecule has 0 aliphatic carbocycles. The smallest absolute Gasteiger partial charge is 0.408 e. The van der Waals surface area contributed by atoms with Crippen LogP contribution in [0.5, 0.6) is 0 Å². The molecule has 0 aliphatic rings. The summed E-state index contributed by atoms with van der Waals surface area (Å²) in [4.78, 5) is 36.9. The summed E-state index contributed by atoms with van der Waals surface area (Å²) < 4.78 is 5.32. The molecular formula is C27H29N5O4. The lowest BCUT2D eigenvalue weighted by molar-refractivity contribution is -0.123. The molecule has 0 unspecified atom stereocenters. The topological polar surface area (TPSA) is 135 Å². The molecule has 0 fully saturated rings. The maximum Gasteiger partial charge on any atom is 0.408 e. The molecule has 9 heteroatoms. The third-order valence-corrected chi connectivity index (χ3v) is 5.16. The number of nitrogens with one attached hydrogen (secondary N) is 3. The molecule has 0 spiro atoms. The van der Waals surface area contributed by atoms with Crippen LogP contribution in [0.2, 0.25) is 0 Å². The predicted molar refractivity (Wildman–Crippen MR) is 137 cm³/mol. The molecule has 0 radical (unpaired) electrons. The lowest BCUT2D eigenvalue weighted by Crippen LogP contribution is -2.51. The number of urea groups is 1. The van der Waals surface area contributed by atoms with E-state index in [0.717, 1.165) is 16.7 Å². The van der Waals surface area contributed by atoms with Crippen molar-refractivity contribution in [3.05, 3.63) is 108 Å². The van der Waals surface area contributed by atoms with Gasteiger partial charge in [0.25, 0.3) is 0 Å². The second-order valence-corrected chi connectivity index (χ2v) is 8.01. The lowest BCUT2D eigenvalue weighted by atomic mass is 10.0. The predicted octanol–water partition coefficient (Wildman–Crippen LogP) is 2.91. The average molecular weight is 488 g/mol. The first-order chi connectivity index (χ1) is 17.5. The molecule has 0 saturated heterocycles. The molecule has 9 nitrogen and oxygen atoms in total. The highest BCUT2D eigenvalue weighted by Gasteiger charge is 2.24. The highest BCUT2D eigenvalue weighted by molar-refractivity contribution is 5.88. The van der Waals surface area contributed by atoms with Crippen LogP contribution in [-0.4, -0.2) is 36.3 Å². The summed E-state index contributed by atoms with van der Waals surface area (Å²) >= 11 is 0. The van der Waals surface area contributed by atoms with Crippen molar-refractivity contribution < 1.29 is 19.1 Å². The Hall–Kier alpha value is -4.66. The summed E-state index contributed by atoms with van der Waals surface area (Å²) in [6.45, 7) is 0.0778. The first kappa shape index (κ1) is 26.0. The van der Waals surface area contributed by atoms with Crippen molar-refractivity contribution in [2.24, 2.45) is 10.8 Å². The minimum absolute atomic E-state index is 0.0778. The molecule has 4 amide bonds. The number of primary amides is 1. The van der Waals surface area contributed by atoms with E-state index in [1.54, 1.807) is 0 Å². The molecule has 36 heavy (non-hydrogen) atoms. The Morgan fingerprint density at radius 2 is 1.31 bits per heavy atom. The van der Waals surface area contributed by atoms with E-state index in [1.807, 2.05) is 91.0 Å². The van der Waals surface area contributed by atoms with Gasteiger partial charge in [0, 0.05) is 12.6 Å². The summed E-state index contributed by atoms with van der Waals surface area (Å²) in [5, 5.41) is 9.37. The van der Waals surface area contributed by atoms with E-state index in [2.05, 4.69) is 21.2 Å². The van der Waals surface area contributed by atoms with E-state index in [0.29, 0.717) is 6.42 Å². The number of carbonyl (C=O) groups is 3. The fraction of sp³-hybridized carbons (Fsp3) is 0.185. The number of benzene rings is 3. The third-order valence-electron chi connectivity index (χ3n) is 5.16. The van der Waals surface area contributed by atoms with Crippen molar-refractivity contribution in [2.75, 3.05) is 0 Å². The largest absolute Gasteiger partial charge is 0.445 e. The molecule has 0 bridgehead atoms. The fourth-order valence-corrected chi connectivity index (χ4v) is 3.45. The Bertz CT molecular complexity index is 1140. The van der Waals surface area contributed by atoms with Crippen LogP contribution in [0.15, 0.2) is 96.1 Å². The highest BCUT2D eigenvalue weighted by Crippen LogP contribution is 2.07. The van der Waals surface area contributed by atoms with Gasteiger partial charge in [-0.25, -0.2) is 15.0 Å². The van der Waals surface area contributed by atoms with E-state index in [1.165, 1.54) is 6.21 Å². The maximum atomic E-state index is 13.3. The quantitative estimate of drug-likeness (QED) is 0.244. The van der Waals surface area contributed by atoms with Crippen molar-refractivity contribution in [3.8, 4) is 0 Å². The van der Waals surface area contributed by atoms with Crippen molar-refractivity contribution >= 4 is 24.2 Å². The highest BCUT2D eigenvalue weighted by atomic mass is 16.5. The van der Waals surface area contributed by atoms with Crippen LogP contribution in [0.3, 0.4) is 0 Å². The Morgan fingerprint density at radius 3 is 1.86 bits per heavy atom. The number of nitrogens with two attached hydrogens (primary N) is 1. The van der Waals surface area contributed by atoms with E-state index < -0.39 is 30.1 Å². The van der Waals surface area contributed by atoms with Crippen molar-refractivity contribution in [3.63, 3.8) is 0 Å². The van der Waals surface area contributed by atoms with Gasteiger partial charge >= 0.3 is 12.1 Å². The lowest BCUT2D eigenvalue weighted by Gasteiger charge is -2.22. The SMILES string of the molecule is NC(=O)NN=C[C@@H](Cc1ccccc1)NC(=O)[C@@H](Cc1ccccc1)NC(=O)OCc1ccccc1. The second kappa shape index (κ2) is 13.9. The van der Waals surface area contributed by atoms with Gasteiger partial charge < -0.3 is 21.1 Å². The summed E-state index contributed by atoms with van der Waals surface area (Å²) in [6.07, 6.45) is 1.34. The fourth-order valence-electron chi connectivity index (χ4n) is 3.45. The van der Waals surface area contributed by atoms with E-state index in [9.17, 15) is 14.4 Å². The monoisotopic (exact) mass is 487 g/mol. The number of alkyl carbamates (subject to hydrolysis) is 1. The first-order valence-corrected chi connectivity index (χ1v) is 11.4. The van der Waals surface area contributed by atoms with Crippen LogP contribution in [0.25, 0.3) is 0 Å². The minimum Gasteiger partial charge on any atom is -0.445 e. The van der Waals surface area contributed by atoms with Gasteiger partial charge in [0.05, 0.1) is 6.04 Å². The van der Waals surface area contributed by atoms with Crippen molar-refractivity contribution in [1.29, 1.82) is 0 Å². The van der Waals surface area contributed by atoms with Gasteiger partial charge in [-0.05, 0) is 23.1 Å². The Labute approximate surface area is 209 Å². The van der Waals surface area contributed by atoms with Crippen LogP contribution in [-0.2, 0) is 29.0 Å². The van der Waals surface area contributed by atoms with Crippen LogP contribution in [0, 0.1) is 0 Å². The molecule has 3 aromatic carbocycles. The number of carbonyl (C=O) groups excluding carboxylic acids is 3. The van der Waals surface area contributed by atoms with Gasteiger partial charge in [0.15, 0.2) is 0 Å².